The van der Waals surface area contributed by atoms with E-state index in [0.717, 1.165) is 5.69 Å². The first kappa shape index (κ1) is 18.8. The Hall–Kier alpha value is -2.53. The van der Waals surface area contributed by atoms with Crippen LogP contribution in [0.5, 0.6) is 5.75 Å². The number of anilines is 1. The van der Waals surface area contributed by atoms with E-state index < -0.39 is 11.6 Å². The third kappa shape index (κ3) is 5.22. The van der Waals surface area contributed by atoms with Crippen molar-refractivity contribution in [1.29, 1.82) is 0 Å². The summed E-state index contributed by atoms with van der Waals surface area (Å²) in [6, 6.07) is 15.8. The molecule has 1 amide bonds. The molecule has 2 aromatic rings. The number of esters is 1. The standard InChI is InChI=1S/C19H20ClNO4/c1-19(2,25-16-11-9-14(20)10-12-16)18(23)24-13-17(22)21(3)15-7-5-4-6-8-15/h4-12H,13H2,1-3H3. The summed E-state index contributed by atoms with van der Waals surface area (Å²) < 4.78 is 10.8. The highest BCUT2D eigenvalue weighted by atomic mass is 35.5. The van der Waals surface area contributed by atoms with Gasteiger partial charge in [0.1, 0.15) is 5.75 Å². The van der Waals surface area contributed by atoms with Crippen LogP contribution in [0.25, 0.3) is 0 Å². The molecule has 0 aliphatic heterocycles. The highest BCUT2D eigenvalue weighted by Crippen LogP contribution is 2.22. The van der Waals surface area contributed by atoms with Gasteiger partial charge in [0.25, 0.3) is 5.91 Å². The van der Waals surface area contributed by atoms with Crippen LogP contribution in [0.4, 0.5) is 5.69 Å². The second-order valence-corrected chi connectivity index (χ2v) is 6.37. The van der Waals surface area contributed by atoms with Crippen molar-refractivity contribution in [3.05, 3.63) is 59.6 Å². The third-order valence-corrected chi connectivity index (χ3v) is 3.77. The fraction of sp³-hybridized carbons (Fsp3) is 0.263. The maximum Gasteiger partial charge on any atom is 0.350 e. The van der Waals surface area contributed by atoms with Gasteiger partial charge in [-0.15, -0.1) is 0 Å². The van der Waals surface area contributed by atoms with Gasteiger partial charge in [0, 0.05) is 17.8 Å². The molecule has 0 aromatic heterocycles. The van der Waals surface area contributed by atoms with E-state index in [1.54, 1.807) is 57.3 Å². The van der Waals surface area contributed by atoms with Gasteiger partial charge in [-0.3, -0.25) is 4.79 Å². The molecule has 0 saturated carbocycles. The maximum absolute atomic E-state index is 12.3. The second-order valence-electron chi connectivity index (χ2n) is 5.93. The largest absolute Gasteiger partial charge is 0.476 e. The van der Waals surface area contributed by atoms with Gasteiger partial charge in [0.15, 0.2) is 12.2 Å². The zero-order valence-electron chi connectivity index (χ0n) is 14.4. The van der Waals surface area contributed by atoms with E-state index in [4.69, 9.17) is 21.1 Å². The number of halogens is 1. The number of carbonyl (C=O) groups is 2. The van der Waals surface area contributed by atoms with Crippen LogP contribution in [0.15, 0.2) is 54.6 Å². The lowest BCUT2D eigenvalue weighted by atomic mass is 10.1. The van der Waals surface area contributed by atoms with Crippen LogP contribution in [0, 0.1) is 0 Å². The van der Waals surface area contributed by atoms with Gasteiger partial charge < -0.3 is 14.4 Å². The van der Waals surface area contributed by atoms with Gasteiger partial charge in [0.2, 0.25) is 0 Å². The zero-order chi connectivity index (χ0) is 18.4. The number of amides is 1. The Morgan fingerprint density at radius 2 is 1.64 bits per heavy atom. The summed E-state index contributed by atoms with van der Waals surface area (Å²) in [5.41, 5.74) is -0.514. The van der Waals surface area contributed by atoms with E-state index in [0.29, 0.717) is 10.8 Å². The Kier molecular flexibility index (Phi) is 6.04. The molecule has 0 fully saturated rings. The predicted molar refractivity (Wildman–Crippen MR) is 97.0 cm³/mol. The summed E-state index contributed by atoms with van der Waals surface area (Å²) >= 11 is 5.82. The number of nitrogens with zero attached hydrogens (tertiary/aromatic N) is 1. The first-order valence-corrected chi connectivity index (χ1v) is 8.11. The summed E-state index contributed by atoms with van der Waals surface area (Å²) in [5, 5.41) is 0.572. The van der Waals surface area contributed by atoms with Gasteiger partial charge >= 0.3 is 5.97 Å². The third-order valence-electron chi connectivity index (χ3n) is 3.52. The van der Waals surface area contributed by atoms with Crippen LogP contribution < -0.4 is 9.64 Å². The van der Waals surface area contributed by atoms with Crippen LogP contribution in [0.1, 0.15) is 13.8 Å². The van der Waals surface area contributed by atoms with Crippen LogP contribution in [0.3, 0.4) is 0 Å². The SMILES string of the molecule is CN(C(=O)COC(=O)C(C)(C)Oc1ccc(Cl)cc1)c1ccccc1. The zero-order valence-corrected chi connectivity index (χ0v) is 15.1. The summed E-state index contributed by atoms with van der Waals surface area (Å²) in [7, 11) is 1.63. The summed E-state index contributed by atoms with van der Waals surface area (Å²) in [4.78, 5) is 25.9. The molecular weight excluding hydrogens is 342 g/mol. The van der Waals surface area contributed by atoms with Crippen molar-refractivity contribution < 1.29 is 19.1 Å². The number of hydrogen-bond acceptors (Lipinski definition) is 4. The molecular formula is C19H20ClNO4. The number of carbonyl (C=O) groups excluding carboxylic acids is 2. The molecule has 2 rings (SSSR count). The predicted octanol–water partition coefficient (Wildman–Crippen LogP) is 3.70. The normalized spacial score (nSPS) is 10.9. The minimum Gasteiger partial charge on any atom is -0.476 e. The van der Waals surface area contributed by atoms with Gasteiger partial charge in [-0.1, -0.05) is 29.8 Å². The maximum atomic E-state index is 12.3. The van der Waals surface area contributed by atoms with Crippen molar-refractivity contribution in [1.82, 2.24) is 0 Å². The Balaban J connectivity index is 1.91. The minimum absolute atomic E-state index is 0.332. The van der Waals surface area contributed by atoms with Crippen molar-refractivity contribution in [2.45, 2.75) is 19.4 Å². The lowest BCUT2D eigenvalue weighted by Gasteiger charge is -2.25. The quantitative estimate of drug-likeness (QED) is 0.736. The molecule has 0 radical (unpaired) electrons. The lowest BCUT2D eigenvalue weighted by molar-refractivity contribution is -0.161. The van der Waals surface area contributed by atoms with Crippen molar-refractivity contribution in [3.63, 3.8) is 0 Å². The molecule has 132 valence electrons. The van der Waals surface area contributed by atoms with Crippen LogP contribution in [-0.2, 0) is 14.3 Å². The molecule has 6 heteroatoms. The number of hydrogen-bond donors (Lipinski definition) is 0. The average Bonchev–Trinajstić information content (AvgIpc) is 2.61. The molecule has 0 spiro atoms. The van der Waals surface area contributed by atoms with E-state index in [2.05, 4.69) is 0 Å². The Bertz CT molecular complexity index is 729. The highest BCUT2D eigenvalue weighted by Gasteiger charge is 2.32. The molecule has 0 aliphatic carbocycles. The fourth-order valence-corrected chi connectivity index (χ4v) is 2.16. The average molecular weight is 362 g/mol. The summed E-state index contributed by atoms with van der Waals surface area (Å²) in [5.74, 6) is -0.474. The van der Waals surface area contributed by atoms with Crippen LogP contribution in [0.2, 0.25) is 5.02 Å². The van der Waals surface area contributed by atoms with E-state index in [-0.39, 0.29) is 12.5 Å². The van der Waals surface area contributed by atoms with Crippen molar-refractivity contribution in [2.75, 3.05) is 18.6 Å². The first-order valence-electron chi connectivity index (χ1n) is 7.73. The molecule has 5 nitrogen and oxygen atoms in total. The molecule has 0 atom stereocenters. The topological polar surface area (TPSA) is 55.8 Å². The molecule has 2 aromatic carbocycles. The Morgan fingerprint density at radius 1 is 1.04 bits per heavy atom. The van der Waals surface area contributed by atoms with Crippen LogP contribution in [-0.4, -0.2) is 31.1 Å². The number of benzene rings is 2. The molecule has 0 unspecified atom stereocenters. The van der Waals surface area contributed by atoms with Gasteiger partial charge in [-0.2, -0.15) is 0 Å². The monoisotopic (exact) mass is 361 g/mol. The van der Waals surface area contributed by atoms with E-state index in [1.165, 1.54) is 4.90 Å². The molecule has 0 saturated heterocycles. The summed E-state index contributed by atoms with van der Waals surface area (Å²) in [6.45, 7) is 2.79. The fourth-order valence-electron chi connectivity index (χ4n) is 2.03. The van der Waals surface area contributed by atoms with Crippen LogP contribution >= 0.6 is 11.6 Å². The lowest BCUT2D eigenvalue weighted by Crippen LogP contribution is -2.41. The van der Waals surface area contributed by atoms with E-state index >= 15 is 0 Å². The number of para-hydroxylation sites is 1. The van der Waals surface area contributed by atoms with E-state index in [1.807, 2.05) is 18.2 Å². The number of rotatable bonds is 6. The Morgan fingerprint density at radius 3 is 2.24 bits per heavy atom. The minimum atomic E-state index is -1.24. The highest BCUT2D eigenvalue weighted by molar-refractivity contribution is 6.30. The van der Waals surface area contributed by atoms with Gasteiger partial charge in [-0.05, 0) is 50.2 Å². The number of likely N-dealkylation sites (N-methyl/N-ethyl adjacent to an activating group) is 1. The van der Waals surface area contributed by atoms with Crippen molar-refractivity contribution >= 4 is 29.2 Å². The molecule has 25 heavy (non-hydrogen) atoms. The van der Waals surface area contributed by atoms with Gasteiger partial charge in [0.05, 0.1) is 0 Å². The smallest absolute Gasteiger partial charge is 0.350 e. The van der Waals surface area contributed by atoms with E-state index in [9.17, 15) is 9.59 Å². The summed E-state index contributed by atoms with van der Waals surface area (Å²) in [6.07, 6.45) is 0. The Labute approximate surface area is 152 Å². The van der Waals surface area contributed by atoms with Gasteiger partial charge in [-0.25, -0.2) is 4.79 Å². The first-order chi connectivity index (χ1) is 11.8. The molecule has 0 aliphatic rings. The molecule has 0 bridgehead atoms. The number of ether oxygens (including phenoxy) is 2. The van der Waals surface area contributed by atoms with Crippen molar-refractivity contribution in [3.8, 4) is 5.75 Å². The second kappa shape index (κ2) is 8.03. The molecule has 0 heterocycles. The van der Waals surface area contributed by atoms with Crippen molar-refractivity contribution in [2.24, 2.45) is 0 Å². The molecule has 0 N–H and O–H groups in total.